The molecule has 1 aliphatic heterocycles. The van der Waals surface area contributed by atoms with Gasteiger partial charge in [-0.25, -0.2) is 0 Å². The summed E-state index contributed by atoms with van der Waals surface area (Å²) in [5.41, 5.74) is 3.67. The van der Waals surface area contributed by atoms with Crippen molar-refractivity contribution in [2.24, 2.45) is 0 Å². The molecule has 0 fully saturated rings. The van der Waals surface area contributed by atoms with Crippen LogP contribution < -0.4 is 4.90 Å². The van der Waals surface area contributed by atoms with Crippen molar-refractivity contribution < 1.29 is 18.0 Å². The van der Waals surface area contributed by atoms with Crippen molar-refractivity contribution in [3.8, 4) is 11.3 Å². The molecule has 0 radical (unpaired) electrons. The third-order valence-electron chi connectivity index (χ3n) is 4.58. The average molecular weight is 419 g/mol. The maximum atomic E-state index is 12.9. The minimum absolute atomic E-state index is 0.177. The molecular weight excluding hydrogens is 403 g/mol. The van der Waals surface area contributed by atoms with Crippen LogP contribution in [0.25, 0.3) is 11.3 Å². The molecule has 3 aromatic heterocycles. The molecular formula is C19H16F3N5OS. The highest BCUT2D eigenvalue weighted by Crippen LogP contribution is 2.32. The van der Waals surface area contributed by atoms with Crippen LogP contribution in [0.2, 0.25) is 0 Å². The summed E-state index contributed by atoms with van der Waals surface area (Å²) < 4.78 is 38.5. The first-order chi connectivity index (χ1) is 13.7. The summed E-state index contributed by atoms with van der Waals surface area (Å²) in [6.45, 7) is 0.794. The molecule has 0 atom stereocenters. The smallest absolute Gasteiger partial charge is 0.299 e. The van der Waals surface area contributed by atoms with Gasteiger partial charge in [0, 0.05) is 29.0 Å². The summed E-state index contributed by atoms with van der Waals surface area (Å²) in [5, 5.41) is 3.72. The first-order valence-electron chi connectivity index (χ1n) is 8.66. The number of fused-ring (bicyclic) bond motifs is 1. The molecule has 0 unspecified atom stereocenters. The zero-order chi connectivity index (χ0) is 20.8. The number of anilines is 1. The van der Waals surface area contributed by atoms with Crippen molar-refractivity contribution in [2.75, 3.05) is 11.2 Å². The number of thioether (sulfide) groups is 1. The number of halogens is 3. The molecule has 0 bridgehead atoms. The van der Waals surface area contributed by atoms with Gasteiger partial charge in [-0.05, 0) is 30.9 Å². The lowest BCUT2D eigenvalue weighted by molar-refractivity contribution is -0.142. The monoisotopic (exact) mass is 419 g/mol. The van der Waals surface area contributed by atoms with Gasteiger partial charge in [-0.1, -0.05) is 0 Å². The van der Waals surface area contributed by atoms with E-state index in [0.29, 0.717) is 22.6 Å². The number of hydrogen-bond donors (Lipinski definition) is 0. The van der Waals surface area contributed by atoms with E-state index < -0.39 is 12.7 Å². The van der Waals surface area contributed by atoms with Gasteiger partial charge in [-0.15, -0.1) is 11.8 Å². The quantitative estimate of drug-likeness (QED) is 0.596. The Kier molecular flexibility index (Phi) is 4.81. The van der Waals surface area contributed by atoms with E-state index in [4.69, 9.17) is 0 Å². The van der Waals surface area contributed by atoms with E-state index in [-0.39, 0.29) is 12.5 Å². The number of rotatable bonds is 4. The zero-order valence-electron chi connectivity index (χ0n) is 15.6. The molecule has 0 spiro atoms. The fourth-order valence-corrected chi connectivity index (χ4v) is 3.70. The summed E-state index contributed by atoms with van der Waals surface area (Å²) in [6.07, 6.45) is 3.53. The van der Waals surface area contributed by atoms with Crippen LogP contribution in [-0.2, 0) is 13.1 Å². The van der Waals surface area contributed by atoms with Gasteiger partial charge < -0.3 is 0 Å². The van der Waals surface area contributed by atoms with Crippen LogP contribution >= 0.6 is 11.8 Å². The summed E-state index contributed by atoms with van der Waals surface area (Å²) >= 11 is 1.57. The van der Waals surface area contributed by atoms with Gasteiger partial charge in [-0.2, -0.15) is 18.3 Å². The van der Waals surface area contributed by atoms with Gasteiger partial charge >= 0.3 is 6.18 Å². The lowest BCUT2D eigenvalue weighted by Crippen LogP contribution is -2.23. The Morgan fingerprint density at radius 1 is 1.21 bits per heavy atom. The lowest BCUT2D eigenvalue weighted by atomic mass is 10.1. The molecule has 0 aliphatic carbocycles. The number of aryl methyl sites for hydroxylation is 1. The Hall–Kier alpha value is -2.88. The van der Waals surface area contributed by atoms with Crippen molar-refractivity contribution >= 4 is 23.4 Å². The van der Waals surface area contributed by atoms with Gasteiger partial charge in [-0.3, -0.25) is 24.3 Å². The van der Waals surface area contributed by atoms with Gasteiger partial charge in [0.1, 0.15) is 6.54 Å². The second kappa shape index (κ2) is 7.18. The minimum Gasteiger partial charge on any atom is -0.299 e. The molecule has 0 saturated heterocycles. The Bertz CT molecular complexity index is 1100. The molecule has 4 heterocycles. The molecule has 29 heavy (non-hydrogen) atoms. The number of amides is 1. The molecule has 0 saturated carbocycles. The Balaban J connectivity index is 1.65. The van der Waals surface area contributed by atoms with Gasteiger partial charge in [0.2, 0.25) is 0 Å². The highest BCUT2D eigenvalue weighted by atomic mass is 32.2. The highest BCUT2D eigenvalue weighted by Gasteiger charge is 2.34. The fraction of sp³-hybridized carbons (Fsp3) is 0.263. The van der Waals surface area contributed by atoms with Crippen LogP contribution in [0.5, 0.6) is 0 Å². The number of nitrogens with zero attached hydrogens (tertiary/aromatic N) is 5. The second-order valence-electron chi connectivity index (χ2n) is 6.66. The number of carbonyl (C=O) groups excluding carboxylic acids is 1. The summed E-state index contributed by atoms with van der Waals surface area (Å²) in [5.74, 6) is -0.293. The normalized spacial score (nSPS) is 13.8. The van der Waals surface area contributed by atoms with Crippen molar-refractivity contribution in [1.82, 2.24) is 19.7 Å². The lowest BCUT2D eigenvalue weighted by Gasteiger charge is -2.12. The molecule has 4 rings (SSSR count). The molecule has 10 heteroatoms. The maximum Gasteiger partial charge on any atom is 0.408 e. The number of alkyl halides is 3. The summed E-state index contributed by atoms with van der Waals surface area (Å²) in [6, 6.07) is 3.80. The minimum atomic E-state index is -4.38. The molecule has 150 valence electrons. The first kappa shape index (κ1) is 19.4. The predicted molar refractivity (Wildman–Crippen MR) is 103 cm³/mol. The predicted octanol–water partition coefficient (Wildman–Crippen LogP) is 4.09. The van der Waals surface area contributed by atoms with Crippen LogP contribution in [0.15, 0.2) is 41.8 Å². The average Bonchev–Trinajstić information content (AvgIpc) is 3.24. The zero-order valence-corrected chi connectivity index (χ0v) is 16.4. The van der Waals surface area contributed by atoms with E-state index in [2.05, 4.69) is 15.1 Å². The summed E-state index contributed by atoms with van der Waals surface area (Å²) in [4.78, 5) is 24.1. The van der Waals surface area contributed by atoms with Crippen LogP contribution in [0.1, 0.15) is 21.6 Å². The van der Waals surface area contributed by atoms with Crippen molar-refractivity contribution in [3.05, 3.63) is 53.7 Å². The number of hydrogen-bond acceptors (Lipinski definition) is 5. The van der Waals surface area contributed by atoms with E-state index in [0.717, 1.165) is 20.7 Å². The van der Waals surface area contributed by atoms with E-state index in [1.165, 1.54) is 17.3 Å². The SMILES string of the molecule is CSc1cncc(-c2cc(C)c3c(n2)CN(c2cnn(CC(F)(F)F)c2)C3=O)c1. The third-order valence-corrected chi connectivity index (χ3v) is 5.27. The maximum absolute atomic E-state index is 12.9. The van der Waals surface area contributed by atoms with Crippen molar-refractivity contribution in [2.45, 2.75) is 31.1 Å². The van der Waals surface area contributed by atoms with Gasteiger partial charge in [0.25, 0.3) is 5.91 Å². The highest BCUT2D eigenvalue weighted by molar-refractivity contribution is 7.98. The Labute approximate surface area is 168 Å². The molecule has 1 amide bonds. The van der Waals surface area contributed by atoms with E-state index in [1.807, 2.05) is 25.3 Å². The van der Waals surface area contributed by atoms with Gasteiger partial charge in [0.05, 0.1) is 35.4 Å². The molecule has 1 aliphatic rings. The Morgan fingerprint density at radius 3 is 2.72 bits per heavy atom. The van der Waals surface area contributed by atoms with Crippen LogP contribution in [0, 0.1) is 6.92 Å². The van der Waals surface area contributed by atoms with Crippen molar-refractivity contribution in [1.29, 1.82) is 0 Å². The van der Waals surface area contributed by atoms with Crippen molar-refractivity contribution in [3.63, 3.8) is 0 Å². The van der Waals surface area contributed by atoms with Crippen LogP contribution in [-0.4, -0.2) is 38.1 Å². The summed E-state index contributed by atoms with van der Waals surface area (Å²) in [7, 11) is 0. The molecule has 0 N–H and O–H groups in total. The Morgan fingerprint density at radius 2 is 2.00 bits per heavy atom. The first-order valence-corrected chi connectivity index (χ1v) is 9.88. The van der Waals surface area contributed by atoms with Gasteiger partial charge in [0.15, 0.2) is 0 Å². The number of pyridine rings is 2. The van der Waals surface area contributed by atoms with E-state index >= 15 is 0 Å². The largest absolute Gasteiger partial charge is 0.408 e. The van der Waals surface area contributed by atoms with E-state index in [9.17, 15) is 18.0 Å². The van der Waals surface area contributed by atoms with Crippen LogP contribution in [0.3, 0.4) is 0 Å². The molecule has 6 nitrogen and oxygen atoms in total. The number of aromatic nitrogens is 4. The fourth-order valence-electron chi connectivity index (χ4n) is 3.29. The van der Waals surface area contributed by atoms with Crippen LogP contribution in [0.4, 0.5) is 18.9 Å². The molecule has 0 aromatic carbocycles. The number of carbonyl (C=O) groups is 1. The van der Waals surface area contributed by atoms with E-state index in [1.54, 1.807) is 24.2 Å². The second-order valence-corrected chi connectivity index (χ2v) is 7.54. The third kappa shape index (κ3) is 3.84. The topological polar surface area (TPSA) is 63.9 Å². The molecule has 3 aromatic rings. The standard InChI is InChI=1S/C19H16F3N5OS/c1-11-3-15(12-4-14(29-2)7-23-5-12)25-16-9-27(18(28)17(11)16)13-6-24-26(8-13)10-19(20,21)22/h3-8H,9-10H2,1-2H3.